The number of carboxylic acid groups (broad SMARTS) is 1. The van der Waals surface area contributed by atoms with Gasteiger partial charge in [0.25, 0.3) is 0 Å². The van der Waals surface area contributed by atoms with E-state index in [2.05, 4.69) is 9.47 Å². The van der Waals surface area contributed by atoms with E-state index in [1.807, 2.05) is 0 Å². The molecule has 1 saturated carbocycles. The number of halogens is 2. The standard InChI is InChI=1S/C11H8F2O4/c12-11(13)16-7-2-1-6(5-8(7)17-11)10(3-4-10)9(14)15/h1-2,5H,3-4H2,(H,14,15)/p-1. The Morgan fingerprint density at radius 3 is 2.47 bits per heavy atom. The highest BCUT2D eigenvalue weighted by molar-refractivity contribution is 5.83. The monoisotopic (exact) mass is 241 g/mol. The van der Waals surface area contributed by atoms with Crippen molar-refractivity contribution in [2.45, 2.75) is 24.6 Å². The largest absolute Gasteiger partial charge is 0.586 e. The summed E-state index contributed by atoms with van der Waals surface area (Å²) in [7, 11) is 0. The molecular formula is C11H7F2O4-. The third-order valence-electron chi connectivity index (χ3n) is 3.09. The SMILES string of the molecule is O=C([O-])C1(c2ccc3c(c2)OC(F)(F)O3)CC1. The fourth-order valence-corrected chi connectivity index (χ4v) is 1.98. The van der Waals surface area contributed by atoms with Crippen LogP contribution in [0, 0.1) is 0 Å². The van der Waals surface area contributed by atoms with E-state index >= 15 is 0 Å². The highest BCUT2D eigenvalue weighted by atomic mass is 19.3. The molecule has 0 amide bonds. The van der Waals surface area contributed by atoms with Crippen molar-refractivity contribution in [3.63, 3.8) is 0 Å². The molecule has 90 valence electrons. The second-order valence-corrected chi connectivity index (χ2v) is 4.20. The molecule has 0 atom stereocenters. The number of benzene rings is 1. The summed E-state index contributed by atoms with van der Waals surface area (Å²) >= 11 is 0. The highest BCUT2D eigenvalue weighted by Crippen LogP contribution is 2.51. The molecule has 0 unspecified atom stereocenters. The lowest BCUT2D eigenvalue weighted by Crippen LogP contribution is -2.35. The van der Waals surface area contributed by atoms with E-state index < -0.39 is 17.7 Å². The Balaban J connectivity index is 1.99. The molecule has 3 rings (SSSR count). The van der Waals surface area contributed by atoms with E-state index in [4.69, 9.17) is 0 Å². The van der Waals surface area contributed by atoms with Crippen LogP contribution in [0.4, 0.5) is 8.78 Å². The van der Waals surface area contributed by atoms with E-state index in [1.54, 1.807) is 0 Å². The first-order chi connectivity index (χ1) is 7.93. The van der Waals surface area contributed by atoms with Gasteiger partial charge in [-0.05, 0) is 30.5 Å². The molecule has 0 bridgehead atoms. The predicted molar refractivity (Wildman–Crippen MR) is 48.6 cm³/mol. The fourth-order valence-electron chi connectivity index (χ4n) is 1.98. The topological polar surface area (TPSA) is 58.6 Å². The fraction of sp³-hybridized carbons (Fsp3) is 0.364. The first-order valence-corrected chi connectivity index (χ1v) is 5.05. The van der Waals surface area contributed by atoms with Crippen LogP contribution < -0.4 is 14.6 Å². The van der Waals surface area contributed by atoms with Crippen LogP contribution >= 0.6 is 0 Å². The van der Waals surface area contributed by atoms with Gasteiger partial charge in [-0.1, -0.05) is 6.07 Å². The Morgan fingerprint density at radius 2 is 1.88 bits per heavy atom. The van der Waals surface area contributed by atoms with Crippen molar-refractivity contribution >= 4 is 5.97 Å². The second-order valence-electron chi connectivity index (χ2n) is 4.20. The van der Waals surface area contributed by atoms with Crippen molar-refractivity contribution in [3.05, 3.63) is 23.8 Å². The molecule has 0 saturated heterocycles. The van der Waals surface area contributed by atoms with Crippen molar-refractivity contribution < 1.29 is 28.2 Å². The van der Waals surface area contributed by atoms with Crippen molar-refractivity contribution in [1.82, 2.24) is 0 Å². The Bertz CT molecular complexity index is 508. The maximum Gasteiger partial charge on any atom is 0.586 e. The molecule has 0 N–H and O–H groups in total. The van der Waals surface area contributed by atoms with E-state index in [9.17, 15) is 18.7 Å². The molecule has 1 aromatic carbocycles. The first kappa shape index (κ1) is 10.3. The molecule has 0 aromatic heterocycles. The minimum Gasteiger partial charge on any atom is -0.549 e. The number of aliphatic carboxylic acids is 1. The van der Waals surface area contributed by atoms with Crippen molar-refractivity contribution in [3.8, 4) is 11.5 Å². The number of ether oxygens (including phenoxy) is 2. The van der Waals surface area contributed by atoms with Gasteiger partial charge in [0.15, 0.2) is 11.5 Å². The molecule has 2 aliphatic rings. The zero-order chi connectivity index (χ0) is 12.3. The number of carbonyl (C=O) groups excluding carboxylic acids is 1. The number of fused-ring (bicyclic) bond motifs is 1. The molecule has 0 spiro atoms. The number of hydrogen-bond acceptors (Lipinski definition) is 4. The third kappa shape index (κ3) is 1.44. The lowest BCUT2D eigenvalue weighted by Gasteiger charge is -2.16. The number of carbonyl (C=O) groups is 1. The van der Waals surface area contributed by atoms with Crippen LogP contribution in [0.15, 0.2) is 18.2 Å². The van der Waals surface area contributed by atoms with Crippen molar-refractivity contribution in [1.29, 1.82) is 0 Å². The smallest absolute Gasteiger partial charge is 0.549 e. The maximum atomic E-state index is 12.8. The van der Waals surface area contributed by atoms with Crippen LogP contribution in [0.1, 0.15) is 18.4 Å². The molecule has 1 fully saturated rings. The Kier molecular flexibility index (Phi) is 1.75. The number of carboxylic acids is 1. The lowest BCUT2D eigenvalue weighted by molar-refractivity contribution is -0.309. The van der Waals surface area contributed by atoms with Crippen molar-refractivity contribution in [2.75, 3.05) is 0 Å². The van der Waals surface area contributed by atoms with Gasteiger partial charge in [0.1, 0.15) is 0 Å². The molecule has 1 aliphatic heterocycles. The summed E-state index contributed by atoms with van der Waals surface area (Å²) in [6.07, 6.45) is -2.78. The molecular weight excluding hydrogens is 234 g/mol. The molecule has 4 nitrogen and oxygen atoms in total. The summed E-state index contributed by atoms with van der Waals surface area (Å²) in [5, 5.41) is 11.0. The van der Waals surface area contributed by atoms with Crippen LogP contribution in [0.2, 0.25) is 0 Å². The first-order valence-electron chi connectivity index (χ1n) is 5.05. The lowest BCUT2D eigenvalue weighted by atomic mass is 9.96. The van der Waals surface area contributed by atoms with Gasteiger partial charge in [-0.2, -0.15) is 0 Å². The molecule has 6 heteroatoms. The number of alkyl halides is 2. The van der Waals surface area contributed by atoms with Crippen LogP contribution in [0.3, 0.4) is 0 Å². The van der Waals surface area contributed by atoms with Gasteiger partial charge in [-0.3, -0.25) is 0 Å². The number of rotatable bonds is 2. The highest BCUT2D eigenvalue weighted by Gasteiger charge is 2.48. The van der Waals surface area contributed by atoms with Crippen LogP contribution in [0.25, 0.3) is 0 Å². The van der Waals surface area contributed by atoms with E-state index in [1.165, 1.54) is 18.2 Å². The van der Waals surface area contributed by atoms with E-state index in [0.29, 0.717) is 18.4 Å². The summed E-state index contributed by atoms with van der Waals surface area (Å²) in [4.78, 5) is 11.0. The zero-order valence-corrected chi connectivity index (χ0v) is 8.54. The summed E-state index contributed by atoms with van der Waals surface area (Å²) in [5.74, 6) is -1.42. The average Bonchev–Trinajstić information content (AvgIpc) is 2.95. The van der Waals surface area contributed by atoms with E-state index in [-0.39, 0.29) is 11.5 Å². The van der Waals surface area contributed by atoms with Crippen LogP contribution in [-0.4, -0.2) is 12.3 Å². The van der Waals surface area contributed by atoms with Gasteiger partial charge < -0.3 is 19.4 Å². The third-order valence-corrected chi connectivity index (χ3v) is 3.09. The average molecular weight is 241 g/mol. The van der Waals surface area contributed by atoms with Gasteiger partial charge >= 0.3 is 6.29 Å². The maximum absolute atomic E-state index is 12.8. The number of hydrogen-bond donors (Lipinski definition) is 0. The van der Waals surface area contributed by atoms with Gasteiger partial charge in [0.2, 0.25) is 0 Å². The normalized spacial score (nSPS) is 22.2. The van der Waals surface area contributed by atoms with Crippen molar-refractivity contribution in [2.24, 2.45) is 0 Å². The summed E-state index contributed by atoms with van der Waals surface area (Å²) < 4.78 is 34.0. The Morgan fingerprint density at radius 1 is 1.24 bits per heavy atom. The van der Waals surface area contributed by atoms with Gasteiger partial charge in [-0.25, -0.2) is 0 Å². The molecule has 1 aliphatic carbocycles. The molecule has 0 radical (unpaired) electrons. The second kappa shape index (κ2) is 2.88. The molecule has 1 aromatic rings. The minimum atomic E-state index is -3.68. The molecule has 17 heavy (non-hydrogen) atoms. The Labute approximate surface area is 94.8 Å². The van der Waals surface area contributed by atoms with Crippen LogP contribution in [-0.2, 0) is 10.2 Å². The summed E-state index contributed by atoms with van der Waals surface area (Å²) in [6.45, 7) is 0. The predicted octanol–water partition coefficient (Wildman–Crippen LogP) is 0.790. The zero-order valence-electron chi connectivity index (χ0n) is 8.54. The van der Waals surface area contributed by atoms with Gasteiger partial charge in [-0.15, -0.1) is 8.78 Å². The quantitative estimate of drug-likeness (QED) is 0.768. The Hall–Kier alpha value is -1.85. The molecule has 1 heterocycles. The van der Waals surface area contributed by atoms with E-state index in [0.717, 1.165) is 0 Å². The minimum absolute atomic E-state index is 0.0899. The van der Waals surface area contributed by atoms with Crippen LogP contribution in [0.5, 0.6) is 11.5 Å². The van der Waals surface area contributed by atoms with Gasteiger partial charge in [0.05, 0.1) is 5.97 Å². The summed E-state index contributed by atoms with van der Waals surface area (Å²) in [6, 6.07) is 4.01. The van der Waals surface area contributed by atoms with Gasteiger partial charge in [0, 0.05) is 5.41 Å². The summed E-state index contributed by atoms with van der Waals surface area (Å²) in [5.41, 5.74) is -0.631.